The van der Waals surface area contributed by atoms with Crippen LogP contribution in [-0.2, 0) is 11.2 Å². The molecule has 0 aliphatic heterocycles. The minimum atomic E-state index is -0.199. The molecule has 0 radical (unpaired) electrons. The third-order valence-electron chi connectivity index (χ3n) is 4.33. The Balaban J connectivity index is 1.62. The van der Waals surface area contributed by atoms with E-state index in [2.05, 4.69) is 24.3 Å². The first-order valence-corrected chi connectivity index (χ1v) is 7.66. The van der Waals surface area contributed by atoms with E-state index in [4.69, 9.17) is 5.73 Å². The van der Waals surface area contributed by atoms with Crippen LogP contribution in [0, 0.1) is 0 Å². The molecule has 0 bridgehead atoms. The van der Waals surface area contributed by atoms with Crippen molar-refractivity contribution in [3.05, 3.63) is 35.9 Å². The summed E-state index contributed by atoms with van der Waals surface area (Å²) < 4.78 is 0. The fourth-order valence-electron chi connectivity index (χ4n) is 2.69. The molecule has 110 valence electrons. The average molecular weight is 274 g/mol. The number of carbonyl (C=O) groups is 1. The van der Waals surface area contributed by atoms with Crippen molar-refractivity contribution in [3.63, 3.8) is 0 Å². The van der Waals surface area contributed by atoms with Crippen molar-refractivity contribution in [2.24, 2.45) is 5.73 Å². The molecule has 1 amide bonds. The summed E-state index contributed by atoms with van der Waals surface area (Å²) in [4.78, 5) is 13.9. The zero-order chi connectivity index (χ0) is 14.4. The van der Waals surface area contributed by atoms with Crippen molar-refractivity contribution >= 4 is 5.91 Å². The molecule has 0 saturated heterocycles. The van der Waals surface area contributed by atoms with Gasteiger partial charge in [0.1, 0.15) is 0 Å². The minimum absolute atomic E-state index is 0.199. The highest BCUT2D eigenvalue weighted by atomic mass is 16.2. The van der Waals surface area contributed by atoms with E-state index in [1.165, 1.54) is 12.0 Å². The second-order valence-corrected chi connectivity index (χ2v) is 6.15. The summed E-state index contributed by atoms with van der Waals surface area (Å²) in [6, 6.07) is 10.5. The fourth-order valence-corrected chi connectivity index (χ4v) is 2.69. The molecule has 20 heavy (non-hydrogen) atoms. The molecule has 1 aliphatic carbocycles. The molecule has 1 aromatic carbocycles. The van der Waals surface area contributed by atoms with Crippen molar-refractivity contribution in [3.8, 4) is 0 Å². The van der Waals surface area contributed by atoms with E-state index >= 15 is 0 Å². The van der Waals surface area contributed by atoms with E-state index in [9.17, 15) is 4.79 Å². The molecule has 0 heterocycles. The smallest absolute Gasteiger partial charge is 0.224 e. The highest BCUT2D eigenvalue weighted by Crippen LogP contribution is 2.32. The molecule has 0 spiro atoms. The summed E-state index contributed by atoms with van der Waals surface area (Å²) in [6.45, 7) is 0.835. The highest BCUT2D eigenvalue weighted by Gasteiger charge is 2.35. The molecule has 2 N–H and O–H groups in total. The first-order chi connectivity index (χ1) is 9.59. The molecule has 1 aliphatic rings. The Labute approximate surface area is 122 Å². The number of nitrogens with zero attached hydrogens (tertiary/aromatic N) is 1. The summed E-state index contributed by atoms with van der Waals surface area (Å²) in [5.41, 5.74) is 7.30. The molecule has 3 heteroatoms. The Morgan fingerprint density at radius 3 is 2.55 bits per heavy atom. The van der Waals surface area contributed by atoms with Crippen LogP contribution in [-0.4, -0.2) is 29.9 Å². The Hall–Kier alpha value is -1.35. The predicted molar refractivity (Wildman–Crippen MR) is 82.4 cm³/mol. The summed E-state index contributed by atoms with van der Waals surface area (Å²) in [5, 5.41) is 0. The Morgan fingerprint density at radius 2 is 1.95 bits per heavy atom. The lowest BCUT2D eigenvalue weighted by molar-refractivity contribution is -0.132. The molecule has 3 nitrogen and oxygen atoms in total. The van der Waals surface area contributed by atoms with Gasteiger partial charge in [0.05, 0.1) is 0 Å². The molecular weight excluding hydrogens is 248 g/mol. The Morgan fingerprint density at radius 1 is 1.25 bits per heavy atom. The van der Waals surface area contributed by atoms with Gasteiger partial charge in [-0.25, -0.2) is 0 Å². The second-order valence-electron chi connectivity index (χ2n) is 6.15. The summed E-state index contributed by atoms with van der Waals surface area (Å²) >= 11 is 0. The molecule has 2 rings (SSSR count). The molecule has 1 saturated carbocycles. The van der Waals surface area contributed by atoms with Crippen LogP contribution in [0.15, 0.2) is 30.3 Å². The Kier molecular flexibility index (Phi) is 5.18. The van der Waals surface area contributed by atoms with E-state index in [0.29, 0.717) is 6.42 Å². The molecule has 1 fully saturated rings. The zero-order valence-electron chi connectivity index (χ0n) is 12.5. The second kappa shape index (κ2) is 6.89. The van der Waals surface area contributed by atoms with Gasteiger partial charge in [-0.05, 0) is 44.1 Å². The van der Waals surface area contributed by atoms with Gasteiger partial charge in [-0.1, -0.05) is 30.3 Å². The van der Waals surface area contributed by atoms with Crippen LogP contribution in [0.1, 0.15) is 44.1 Å². The van der Waals surface area contributed by atoms with Crippen molar-refractivity contribution in [2.75, 3.05) is 13.6 Å². The largest absolute Gasteiger partial charge is 0.346 e. The van der Waals surface area contributed by atoms with Crippen LogP contribution in [0.25, 0.3) is 0 Å². The van der Waals surface area contributed by atoms with E-state index < -0.39 is 0 Å². The van der Waals surface area contributed by atoms with Crippen LogP contribution in [0.2, 0.25) is 0 Å². The van der Waals surface area contributed by atoms with Crippen LogP contribution < -0.4 is 5.73 Å². The average Bonchev–Trinajstić information content (AvgIpc) is 2.42. The van der Waals surface area contributed by atoms with Gasteiger partial charge >= 0.3 is 0 Å². The van der Waals surface area contributed by atoms with E-state index in [1.54, 1.807) is 0 Å². The van der Waals surface area contributed by atoms with Crippen molar-refractivity contribution < 1.29 is 4.79 Å². The minimum Gasteiger partial charge on any atom is -0.346 e. The molecule has 0 unspecified atom stereocenters. The number of unbranched alkanes of at least 4 members (excludes halogenated alkanes) is 1. The van der Waals surface area contributed by atoms with Gasteiger partial charge in [0.25, 0.3) is 0 Å². The normalized spacial score (nSPS) is 16.5. The molecular formula is C17H26N2O. The standard InChI is InChI=1S/C17H26N2O/c1-19(16(20)14-17(18)11-7-12-17)13-6-5-10-15-8-3-2-4-9-15/h2-4,8-9H,5-7,10-14,18H2,1H3. The summed E-state index contributed by atoms with van der Waals surface area (Å²) in [5.74, 6) is 0.201. The van der Waals surface area contributed by atoms with Gasteiger partial charge < -0.3 is 10.6 Å². The Bertz CT molecular complexity index is 426. The topological polar surface area (TPSA) is 46.3 Å². The molecule has 0 atom stereocenters. The maximum Gasteiger partial charge on any atom is 0.224 e. The van der Waals surface area contributed by atoms with Gasteiger partial charge in [0.15, 0.2) is 0 Å². The number of hydrogen-bond acceptors (Lipinski definition) is 2. The van der Waals surface area contributed by atoms with Crippen molar-refractivity contribution in [2.45, 2.75) is 50.5 Å². The number of carbonyl (C=O) groups excluding carboxylic acids is 1. The third-order valence-corrected chi connectivity index (χ3v) is 4.33. The molecule has 1 aromatic rings. The lowest BCUT2D eigenvalue weighted by Crippen LogP contribution is -2.50. The fraction of sp³-hybridized carbons (Fsp3) is 0.588. The van der Waals surface area contributed by atoms with Crippen molar-refractivity contribution in [1.29, 1.82) is 0 Å². The molecule has 0 aromatic heterocycles. The van der Waals surface area contributed by atoms with Gasteiger partial charge in [-0.2, -0.15) is 0 Å². The number of rotatable bonds is 7. The van der Waals surface area contributed by atoms with Gasteiger partial charge in [-0.15, -0.1) is 0 Å². The lowest BCUT2D eigenvalue weighted by Gasteiger charge is -2.38. The van der Waals surface area contributed by atoms with Crippen LogP contribution >= 0.6 is 0 Å². The van der Waals surface area contributed by atoms with Gasteiger partial charge in [0.2, 0.25) is 5.91 Å². The summed E-state index contributed by atoms with van der Waals surface area (Å²) in [7, 11) is 1.90. The monoisotopic (exact) mass is 274 g/mol. The van der Waals surface area contributed by atoms with Crippen LogP contribution in [0.3, 0.4) is 0 Å². The summed E-state index contributed by atoms with van der Waals surface area (Å²) in [6.07, 6.45) is 6.95. The van der Waals surface area contributed by atoms with E-state index in [-0.39, 0.29) is 11.4 Å². The van der Waals surface area contributed by atoms with Crippen molar-refractivity contribution in [1.82, 2.24) is 4.90 Å². The number of hydrogen-bond donors (Lipinski definition) is 1. The third kappa shape index (κ3) is 4.34. The first kappa shape index (κ1) is 15.0. The highest BCUT2D eigenvalue weighted by molar-refractivity contribution is 5.77. The predicted octanol–water partition coefficient (Wildman–Crippen LogP) is 2.74. The van der Waals surface area contributed by atoms with Gasteiger partial charge in [-0.3, -0.25) is 4.79 Å². The lowest BCUT2D eigenvalue weighted by atomic mass is 9.75. The van der Waals surface area contributed by atoms with E-state index in [1.807, 2.05) is 18.0 Å². The van der Waals surface area contributed by atoms with Crippen LogP contribution in [0.4, 0.5) is 0 Å². The zero-order valence-corrected chi connectivity index (χ0v) is 12.5. The maximum atomic E-state index is 12.1. The van der Waals surface area contributed by atoms with E-state index in [0.717, 1.165) is 38.6 Å². The SMILES string of the molecule is CN(CCCCc1ccccc1)C(=O)CC1(N)CCC1. The van der Waals surface area contributed by atoms with Crippen LogP contribution in [0.5, 0.6) is 0 Å². The number of aryl methyl sites for hydroxylation is 1. The first-order valence-electron chi connectivity index (χ1n) is 7.66. The van der Waals surface area contributed by atoms with Gasteiger partial charge in [0, 0.05) is 25.6 Å². The quantitative estimate of drug-likeness (QED) is 0.777. The number of amides is 1. The number of benzene rings is 1. The maximum absolute atomic E-state index is 12.1. The number of nitrogens with two attached hydrogens (primary N) is 1.